The summed E-state index contributed by atoms with van der Waals surface area (Å²) in [4.78, 5) is 10.1. The van der Waals surface area contributed by atoms with Crippen molar-refractivity contribution in [3.63, 3.8) is 0 Å². The lowest BCUT2D eigenvalue weighted by atomic mass is 9.78. The topological polar surface area (TPSA) is 65.5 Å². The zero-order valence-electron chi connectivity index (χ0n) is 23.0. The van der Waals surface area contributed by atoms with Crippen LogP contribution in [0.1, 0.15) is 36.1 Å². The number of benzene rings is 5. The van der Waals surface area contributed by atoms with E-state index in [9.17, 15) is 0 Å². The van der Waals surface area contributed by atoms with Crippen molar-refractivity contribution in [2.24, 2.45) is 9.98 Å². The van der Waals surface area contributed by atoms with Crippen molar-refractivity contribution in [1.82, 2.24) is 4.68 Å². The molecule has 0 aliphatic carbocycles. The lowest BCUT2D eigenvalue weighted by Gasteiger charge is -2.22. The van der Waals surface area contributed by atoms with Gasteiger partial charge in [-0.15, -0.1) is 0 Å². The Morgan fingerprint density at radius 2 is 1.32 bits per heavy atom. The zero-order chi connectivity index (χ0) is 28.0. The molecular weight excluding hydrogens is 502 g/mol. The highest BCUT2D eigenvalue weighted by Crippen LogP contribution is 2.48. The first-order valence-electron chi connectivity index (χ1n) is 13.8. The smallest absolute Gasteiger partial charge is 0.154 e. The van der Waals surface area contributed by atoms with Crippen LogP contribution in [0.15, 0.2) is 137 Å². The molecule has 2 N–H and O–H groups in total. The van der Waals surface area contributed by atoms with E-state index in [1.54, 1.807) is 0 Å². The first kappa shape index (κ1) is 24.7. The molecule has 0 amide bonds. The van der Waals surface area contributed by atoms with Gasteiger partial charge in [0.1, 0.15) is 0 Å². The van der Waals surface area contributed by atoms with Crippen LogP contribution < -0.4 is 5.43 Å². The third-order valence-electron chi connectivity index (χ3n) is 7.88. The molecule has 5 nitrogen and oxygen atoms in total. The molecule has 0 spiro atoms. The Kier molecular flexibility index (Phi) is 5.86. The summed E-state index contributed by atoms with van der Waals surface area (Å²) in [7, 11) is 0. The Labute approximate surface area is 239 Å². The highest BCUT2D eigenvalue weighted by molar-refractivity contribution is 6.22. The first-order chi connectivity index (χ1) is 20.0. The number of amidine groups is 2. The number of rotatable bonds is 4. The number of aromatic nitrogens is 1. The summed E-state index contributed by atoms with van der Waals surface area (Å²) in [6.07, 6.45) is 0. The van der Waals surface area contributed by atoms with Gasteiger partial charge in [-0.3, -0.25) is 20.5 Å². The van der Waals surface area contributed by atoms with Crippen molar-refractivity contribution in [1.29, 1.82) is 5.41 Å². The average Bonchev–Trinajstić information content (AvgIpc) is 3.48. The van der Waals surface area contributed by atoms with Crippen molar-refractivity contribution in [2.45, 2.75) is 19.3 Å². The van der Waals surface area contributed by atoms with E-state index in [-0.39, 0.29) is 11.3 Å². The standard InChI is InChI=1S/C36H29N5/c1-36(2)28-22-23-30-31(32(28)38-33(36)24-14-6-3-7-15-24)27-20-12-13-21-29(27)41(30)40-35(26-18-10-5-11-19-26)39-34(37)25-16-8-4-9-17-25/h3-23H,1-2H3,(H2,37,39,40). The number of hydrogen-bond donors (Lipinski definition) is 2. The van der Waals surface area contributed by atoms with Gasteiger partial charge in [0.05, 0.1) is 22.4 Å². The van der Waals surface area contributed by atoms with Gasteiger partial charge in [-0.25, -0.2) is 4.99 Å². The van der Waals surface area contributed by atoms with Crippen LogP contribution in [0.3, 0.4) is 0 Å². The molecule has 1 aliphatic rings. The number of nitrogens with one attached hydrogen (secondary N) is 2. The molecule has 1 aromatic heterocycles. The van der Waals surface area contributed by atoms with E-state index in [0.717, 1.165) is 49.9 Å². The molecule has 0 bridgehead atoms. The van der Waals surface area contributed by atoms with Crippen molar-refractivity contribution in [3.05, 3.63) is 150 Å². The van der Waals surface area contributed by atoms with Crippen LogP contribution in [0.5, 0.6) is 0 Å². The number of hydrogen-bond acceptors (Lipinski definition) is 2. The first-order valence-corrected chi connectivity index (χ1v) is 13.8. The minimum Gasteiger partial charge on any atom is -0.282 e. The Hall–Kier alpha value is -5.29. The van der Waals surface area contributed by atoms with Crippen LogP contribution in [0.2, 0.25) is 0 Å². The Bertz CT molecular complexity index is 1980. The second-order valence-electron chi connectivity index (χ2n) is 10.8. The molecule has 0 radical (unpaired) electrons. The average molecular weight is 532 g/mol. The molecule has 0 fully saturated rings. The molecule has 5 heteroatoms. The Balaban J connectivity index is 1.43. The van der Waals surface area contributed by atoms with E-state index in [0.29, 0.717) is 5.84 Å². The van der Waals surface area contributed by atoms with E-state index in [4.69, 9.17) is 15.4 Å². The van der Waals surface area contributed by atoms with E-state index >= 15 is 0 Å². The minimum atomic E-state index is -0.233. The number of nitrogens with zero attached hydrogens (tertiary/aromatic N) is 3. The van der Waals surface area contributed by atoms with Gasteiger partial charge in [-0.1, -0.05) is 129 Å². The molecule has 198 valence electrons. The number of para-hydroxylation sites is 1. The minimum absolute atomic E-state index is 0.192. The Morgan fingerprint density at radius 3 is 2.02 bits per heavy atom. The predicted octanol–water partition coefficient (Wildman–Crippen LogP) is 8.22. The normalized spacial score (nSPS) is 14.2. The van der Waals surface area contributed by atoms with Crippen LogP contribution in [0.25, 0.3) is 21.8 Å². The summed E-state index contributed by atoms with van der Waals surface area (Å²) in [5.41, 5.74) is 11.5. The van der Waals surface area contributed by atoms with Crippen LogP contribution in [-0.2, 0) is 5.41 Å². The number of aliphatic imine (C=N–C) groups is 2. The molecule has 0 saturated heterocycles. The highest BCUT2D eigenvalue weighted by atomic mass is 15.4. The maximum absolute atomic E-state index is 8.76. The third-order valence-corrected chi connectivity index (χ3v) is 7.88. The van der Waals surface area contributed by atoms with Crippen molar-refractivity contribution in [3.8, 4) is 0 Å². The largest absolute Gasteiger partial charge is 0.282 e. The van der Waals surface area contributed by atoms with Gasteiger partial charge in [-0.2, -0.15) is 0 Å². The highest BCUT2D eigenvalue weighted by Gasteiger charge is 2.37. The molecule has 2 heterocycles. The summed E-state index contributed by atoms with van der Waals surface area (Å²) in [5.74, 6) is 0.786. The number of fused-ring (bicyclic) bond motifs is 5. The van der Waals surface area contributed by atoms with E-state index in [1.165, 1.54) is 5.56 Å². The van der Waals surface area contributed by atoms with Crippen molar-refractivity contribution < 1.29 is 0 Å². The summed E-state index contributed by atoms with van der Waals surface area (Å²) in [5, 5.41) is 11.0. The maximum atomic E-state index is 8.76. The molecule has 5 aromatic carbocycles. The maximum Gasteiger partial charge on any atom is 0.154 e. The molecule has 6 aromatic rings. The van der Waals surface area contributed by atoms with Crippen LogP contribution in [-0.4, -0.2) is 22.1 Å². The van der Waals surface area contributed by atoms with Crippen LogP contribution >= 0.6 is 0 Å². The van der Waals surface area contributed by atoms with Gasteiger partial charge in [0.15, 0.2) is 11.7 Å². The molecular formula is C36H29N5. The lowest BCUT2D eigenvalue weighted by molar-refractivity contribution is 0.738. The zero-order valence-corrected chi connectivity index (χ0v) is 23.0. The van der Waals surface area contributed by atoms with Gasteiger partial charge in [0, 0.05) is 27.3 Å². The molecule has 0 unspecified atom stereocenters. The summed E-state index contributed by atoms with van der Waals surface area (Å²) in [6.45, 7) is 4.51. The fraction of sp³-hybridized carbons (Fsp3) is 0.0833. The Morgan fingerprint density at radius 1 is 0.707 bits per heavy atom. The second kappa shape index (κ2) is 9.72. The quantitative estimate of drug-likeness (QED) is 0.175. The fourth-order valence-electron chi connectivity index (χ4n) is 5.81. The van der Waals surface area contributed by atoms with Crippen molar-refractivity contribution in [2.75, 3.05) is 5.43 Å². The second-order valence-corrected chi connectivity index (χ2v) is 10.8. The van der Waals surface area contributed by atoms with Gasteiger partial charge < -0.3 is 0 Å². The lowest BCUT2D eigenvalue weighted by Crippen LogP contribution is -2.26. The van der Waals surface area contributed by atoms with Crippen molar-refractivity contribution >= 4 is 44.9 Å². The van der Waals surface area contributed by atoms with Gasteiger partial charge in [0.25, 0.3) is 0 Å². The predicted molar refractivity (Wildman–Crippen MR) is 171 cm³/mol. The fourth-order valence-corrected chi connectivity index (χ4v) is 5.81. The van der Waals surface area contributed by atoms with Gasteiger partial charge >= 0.3 is 0 Å². The van der Waals surface area contributed by atoms with E-state index in [2.05, 4.69) is 78.5 Å². The van der Waals surface area contributed by atoms with E-state index in [1.807, 2.05) is 72.8 Å². The molecule has 1 aliphatic heterocycles. The van der Waals surface area contributed by atoms with Crippen LogP contribution in [0, 0.1) is 5.41 Å². The van der Waals surface area contributed by atoms with E-state index < -0.39 is 0 Å². The van der Waals surface area contributed by atoms with Gasteiger partial charge in [0.2, 0.25) is 0 Å². The summed E-state index contributed by atoms with van der Waals surface area (Å²) in [6, 6.07) is 42.8. The molecule has 41 heavy (non-hydrogen) atoms. The molecule has 7 rings (SSSR count). The van der Waals surface area contributed by atoms with Crippen LogP contribution in [0.4, 0.5) is 5.69 Å². The third kappa shape index (κ3) is 4.14. The molecule has 0 atom stereocenters. The summed E-state index contributed by atoms with van der Waals surface area (Å²) < 4.78 is 2.08. The SMILES string of the molecule is CC1(C)C(c2ccccc2)=Nc2c1ccc1c2c2ccccc2n1NC(=NC(=N)c1ccccc1)c1ccccc1. The molecule has 0 saturated carbocycles. The summed E-state index contributed by atoms with van der Waals surface area (Å²) >= 11 is 0. The van der Waals surface area contributed by atoms with Gasteiger partial charge in [-0.05, 0) is 23.3 Å². The monoisotopic (exact) mass is 531 g/mol.